The van der Waals surface area contributed by atoms with Gasteiger partial charge >= 0.3 is 5.69 Å². The van der Waals surface area contributed by atoms with Gasteiger partial charge in [-0.25, -0.2) is 9.48 Å². The van der Waals surface area contributed by atoms with Crippen molar-refractivity contribution in [3.8, 4) is 0 Å². The molecular weight excluding hydrogens is 507 g/mol. The lowest BCUT2D eigenvalue weighted by molar-refractivity contribution is -0.0823. The topological polar surface area (TPSA) is 85.5 Å². The van der Waals surface area contributed by atoms with Gasteiger partial charge in [0.15, 0.2) is 5.96 Å². The molecule has 3 heterocycles. The molecule has 0 saturated carbocycles. The minimum absolute atomic E-state index is 0. The first-order chi connectivity index (χ1) is 14.4. The molecule has 0 aliphatic carbocycles. The van der Waals surface area contributed by atoms with Crippen molar-refractivity contribution in [3.05, 3.63) is 16.3 Å². The maximum Gasteiger partial charge on any atom is 0.345 e. The van der Waals surface area contributed by atoms with E-state index >= 15 is 0 Å². The standard InChI is InChI=1S/C22H40N6O2.HI/c1-5-23-20(25-16-17-10-8-15-30-19(17)22(2,3)4)24-12-9-14-28-21(29)27-13-7-6-11-18(27)26-28;/h17,19H,5-16H2,1-4H3,(H2,23,24,25);1H. The fraction of sp³-hybridized carbons (Fsp3) is 0.864. The first-order valence-electron chi connectivity index (χ1n) is 11.7. The molecule has 1 aromatic rings. The summed E-state index contributed by atoms with van der Waals surface area (Å²) in [4.78, 5) is 17.3. The molecule has 0 radical (unpaired) electrons. The average Bonchev–Trinajstić information content (AvgIpc) is 3.04. The molecule has 0 amide bonds. The van der Waals surface area contributed by atoms with Gasteiger partial charge in [0.05, 0.1) is 6.10 Å². The van der Waals surface area contributed by atoms with Gasteiger partial charge in [-0.05, 0) is 44.4 Å². The Morgan fingerprint density at radius 3 is 2.77 bits per heavy atom. The Morgan fingerprint density at radius 1 is 1.26 bits per heavy atom. The summed E-state index contributed by atoms with van der Waals surface area (Å²) in [7, 11) is 0. The third kappa shape index (κ3) is 7.20. The Hall–Kier alpha value is -1.10. The molecule has 3 rings (SSSR count). The molecule has 2 aliphatic heterocycles. The van der Waals surface area contributed by atoms with Crippen molar-refractivity contribution in [1.29, 1.82) is 0 Å². The summed E-state index contributed by atoms with van der Waals surface area (Å²) in [5, 5.41) is 11.3. The SMILES string of the molecule is CCNC(=NCC1CCCOC1C(C)(C)C)NCCCn1nc2n(c1=O)CCCC2.I. The number of nitrogens with zero attached hydrogens (tertiary/aromatic N) is 4. The Labute approximate surface area is 203 Å². The highest BCUT2D eigenvalue weighted by Gasteiger charge is 2.35. The molecule has 1 fully saturated rings. The number of aliphatic imine (C=N–C) groups is 1. The predicted octanol–water partition coefficient (Wildman–Crippen LogP) is 2.79. The number of ether oxygens (including phenoxy) is 1. The van der Waals surface area contributed by atoms with Crippen LogP contribution in [0.5, 0.6) is 0 Å². The van der Waals surface area contributed by atoms with Crippen LogP contribution in [0.4, 0.5) is 0 Å². The Kier molecular flexibility index (Phi) is 10.3. The summed E-state index contributed by atoms with van der Waals surface area (Å²) >= 11 is 0. The van der Waals surface area contributed by atoms with Gasteiger partial charge in [-0.1, -0.05) is 20.8 Å². The average molecular weight is 549 g/mol. The summed E-state index contributed by atoms with van der Waals surface area (Å²) in [5.41, 5.74) is 0.166. The molecular formula is C22H41IN6O2. The van der Waals surface area contributed by atoms with Gasteiger partial charge in [0.2, 0.25) is 0 Å². The summed E-state index contributed by atoms with van der Waals surface area (Å²) in [6.45, 7) is 13.5. The molecule has 0 spiro atoms. The number of halogens is 1. The van der Waals surface area contributed by atoms with Crippen LogP contribution >= 0.6 is 24.0 Å². The van der Waals surface area contributed by atoms with E-state index < -0.39 is 0 Å². The van der Waals surface area contributed by atoms with Crippen molar-refractivity contribution < 1.29 is 4.74 Å². The molecule has 178 valence electrons. The van der Waals surface area contributed by atoms with Crippen LogP contribution in [0.3, 0.4) is 0 Å². The second kappa shape index (κ2) is 12.2. The lowest BCUT2D eigenvalue weighted by atomic mass is 9.78. The van der Waals surface area contributed by atoms with Crippen molar-refractivity contribution in [2.75, 3.05) is 26.2 Å². The van der Waals surface area contributed by atoms with Crippen LogP contribution in [-0.4, -0.2) is 52.7 Å². The van der Waals surface area contributed by atoms with Gasteiger partial charge < -0.3 is 15.4 Å². The van der Waals surface area contributed by atoms with E-state index in [1.54, 1.807) is 4.68 Å². The molecule has 2 unspecified atom stereocenters. The van der Waals surface area contributed by atoms with Crippen molar-refractivity contribution >= 4 is 29.9 Å². The molecule has 31 heavy (non-hydrogen) atoms. The van der Waals surface area contributed by atoms with E-state index in [0.717, 1.165) is 76.7 Å². The van der Waals surface area contributed by atoms with Crippen LogP contribution < -0.4 is 16.3 Å². The summed E-state index contributed by atoms with van der Waals surface area (Å²) < 4.78 is 9.55. The highest BCUT2D eigenvalue weighted by atomic mass is 127. The lowest BCUT2D eigenvalue weighted by Crippen LogP contribution is -2.43. The van der Waals surface area contributed by atoms with Gasteiger partial charge in [-0.3, -0.25) is 9.56 Å². The maximum atomic E-state index is 12.4. The monoisotopic (exact) mass is 548 g/mol. The van der Waals surface area contributed by atoms with E-state index in [1.165, 1.54) is 6.42 Å². The van der Waals surface area contributed by atoms with Crippen molar-refractivity contribution in [3.63, 3.8) is 0 Å². The van der Waals surface area contributed by atoms with E-state index in [-0.39, 0.29) is 41.2 Å². The largest absolute Gasteiger partial charge is 0.377 e. The Balaban J connectivity index is 0.00000341. The van der Waals surface area contributed by atoms with E-state index in [4.69, 9.17) is 9.73 Å². The second-order valence-electron chi connectivity index (χ2n) is 9.59. The number of hydrogen-bond donors (Lipinski definition) is 2. The van der Waals surface area contributed by atoms with Gasteiger partial charge in [0.25, 0.3) is 0 Å². The zero-order valence-electron chi connectivity index (χ0n) is 19.7. The van der Waals surface area contributed by atoms with Crippen LogP contribution in [0, 0.1) is 11.3 Å². The molecule has 8 nitrogen and oxygen atoms in total. The highest BCUT2D eigenvalue weighted by molar-refractivity contribution is 14.0. The summed E-state index contributed by atoms with van der Waals surface area (Å²) in [6, 6.07) is 0. The Morgan fingerprint density at radius 2 is 2.06 bits per heavy atom. The van der Waals surface area contributed by atoms with E-state index in [0.29, 0.717) is 12.5 Å². The van der Waals surface area contributed by atoms with E-state index in [1.807, 2.05) is 4.57 Å². The maximum absolute atomic E-state index is 12.4. The summed E-state index contributed by atoms with van der Waals surface area (Å²) in [6.07, 6.45) is 6.47. The minimum atomic E-state index is 0. The normalized spacial score (nSPS) is 21.9. The fourth-order valence-electron chi connectivity index (χ4n) is 4.57. The molecule has 0 bridgehead atoms. The first-order valence-corrected chi connectivity index (χ1v) is 11.7. The molecule has 0 aromatic carbocycles. The van der Waals surface area contributed by atoms with Crippen LogP contribution in [0.15, 0.2) is 9.79 Å². The van der Waals surface area contributed by atoms with Crippen LogP contribution in [-0.2, 0) is 24.2 Å². The number of fused-ring (bicyclic) bond motifs is 1. The number of nitrogens with one attached hydrogen (secondary N) is 2. The van der Waals surface area contributed by atoms with Gasteiger partial charge in [-0.15, -0.1) is 24.0 Å². The van der Waals surface area contributed by atoms with E-state index in [9.17, 15) is 4.79 Å². The molecule has 2 aliphatic rings. The van der Waals surface area contributed by atoms with Crippen LogP contribution in [0.25, 0.3) is 0 Å². The van der Waals surface area contributed by atoms with Crippen LogP contribution in [0.1, 0.15) is 65.6 Å². The molecule has 1 aromatic heterocycles. The van der Waals surface area contributed by atoms with Crippen molar-refractivity contribution in [2.45, 2.75) is 85.4 Å². The highest BCUT2D eigenvalue weighted by Crippen LogP contribution is 2.34. The van der Waals surface area contributed by atoms with E-state index in [2.05, 4.69) is 43.4 Å². The van der Waals surface area contributed by atoms with Crippen molar-refractivity contribution in [1.82, 2.24) is 25.0 Å². The zero-order valence-corrected chi connectivity index (χ0v) is 22.0. The molecule has 2 N–H and O–H groups in total. The summed E-state index contributed by atoms with van der Waals surface area (Å²) in [5.74, 6) is 2.23. The lowest BCUT2D eigenvalue weighted by Gasteiger charge is -2.39. The molecule has 2 atom stereocenters. The molecule has 1 saturated heterocycles. The number of aryl methyl sites for hydroxylation is 2. The number of rotatable bonds is 7. The predicted molar refractivity (Wildman–Crippen MR) is 135 cm³/mol. The minimum Gasteiger partial charge on any atom is -0.377 e. The van der Waals surface area contributed by atoms with Gasteiger partial charge in [0, 0.05) is 51.7 Å². The van der Waals surface area contributed by atoms with Crippen LogP contribution in [0.2, 0.25) is 0 Å². The molecule has 9 heteroatoms. The van der Waals surface area contributed by atoms with Crippen molar-refractivity contribution in [2.24, 2.45) is 16.3 Å². The van der Waals surface area contributed by atoms with Gasteiger partial charge in [0.1, 0.15) is 5.82 Å². The zero-order chi connectivity index (χ0) is 21.6. The second-order valence-corrected chi connectivity index (χ2v) is 9.59. The third-order valence-electron chi connectivity index (χ3n) is 6.00. The fourth-order valence-corrected chi connectivity index (χ4v) is 4.57. The smallest absolute Gasteiger partial charge is 0.345 e. The number of hydrogen-bond acceptors (Lipinski definition) is 4. The number of aromatic nitrogens is 3. The Bertz CT molecular complexity index is 767. The van der Waals surface area contributed by atoms with Gasteiger partial charge in [-0.2, -0.15) is 5.10 Å². The quantitative estimate of drug-likeness (QED) is 0.237. The third-order valence-corrected chi connectivity index (χ3v) is 6.00. The number of guanidine groups is 1. The first kappa shape index (κ1) is 26.2.